The van der Waals surface area contributed by atoms with Gasteiger partial charge in [-0.05, 0) is 38.4 Å². The van der Waals surface area contributed by atoms with Crippen molar-refractivity contribution in [2.75, 3.05) is 12.3 Å². The second-order valence-corrected chi connectivity index (χ2v) is 7.22. The Morgan fingerprint density at radius 1 is 1.44 bits per heavy atom. The summed E-state index contributed by atoms with van der Waals surface area (Å²) in [5.74, 6) is 1.87. The zero-order valence-electron chi connectivity index (χ0n) is 11.0. The molecule has 0 aliphatic carbocycles. The molecule has 2 heterocycles. The van der Waals surface area contributed by atoms with Crippen LogP contribution in [0.4, 0.5) is 0 Å². The van der Waals surface area contributed by atoms with Crippen LogP contribution in [0, 0.1) is 6.92 Å². The molecule has 0 radical (unpaired) electrons. The van der Waals surface area contributed by atoms with E-state index in [2.05, 4.69) is 5.32 Å². The Morgan fingerprint density at radius 3 is 2.78 bits per heavy atom. The molecule has 1 aromatic heterocycles. The van der Waals surface area contributed by atoms with Crippen LogP contribution in [-0.2, 0) is 9.84 Å². The molecule has 0 bridgehead atoms. The Hall–Kier alpha value is -0.810. The summed E-state index contributed by atoms with van der Waals surface area (Å²) >= 11 is 0. The minimum absolute atomic E-state index is 0.214. The summed E-state index contributed by atoms with van der Waals surface area (Å²) in [5, 5.41) is 2.91. The summed E-state index contributed by atoms with van der Waals surface area (Å²) < 4.78 is 30.0. The number of aryl methyl sites for hydroxylation is 1. The van der Waals surface area contributed by atoms with Gasteiger partial charge in [0.1, 0.15) is 11.5 Å². The van der Waals surface area contributed by atoms with Gasteiger partial charge in [-0.15, -0.1) is 0 Å². The summed E-state index contributed by atoms with van der Waals surface area (Å²) in [6, 6.07) is 3.55. The van der Waals surface area contributed by atoms with E-state index in [1.54, 1.807) is 0 Å². The first-order valence-electron chi connectivity index (χ1n) is 6.56. The molecule has 18 heavy (non-hydrogen) atoms. The summed E-state index contributed by atoms with van der Waals surface area (Å²) in [6.45, 7) is 4.59. The molecule has 5 heteroatoms. The second kappa shape index (κ2) is 5.45. The molecule has 0 amide bonds. The van der Waals surface area contributed by atoms with E-state index < -0.39 is 9.84 Å². The highest BCUT2D eigenvalue weighted by molar-refractivity contribution is 7.92. The molecule has 0 spiro atoms. The zero-order valence-corrected chi connectivity index (χ0v) is 11.8. The highest BCUT2D eigenvalue weighted by Gasteiger charge is 2.37. The third kappa shape index (κ3) is 2.78. The lowest BCUT2D eigenvalue weighted by Crippen LogP contribution is -2.40. The largest absolute Gasteiger partial charge is 0.465 e. The molecule has 0 saturated carbocycles. The number of hydrogen-bond donors (Lipinski definition) is 1. The van der Waals surface area contributed by atoms with Crippen molar-refractivity contribution in [2.45, 2.75) is 44.4 Å². The van der Waals surface area contributed by atoms with Crippen LogP contribution in [0.25, 0.3) is 0 Å². The number of rotatable bonds is 4. The normalized spacial score (nSPS) is 24.9. The number of nitrogens with one attached hydrogen (secondary N) is 1. The third-order valence-electron chi connectivity index (χ3n) is 3.49. The van der Waals surface area contributed by atoms with Gasteiger partial charge in [-0.25, -0.2) is 8.42 Å². The summed E-state index contributed by atoms with van der Waals surface area (Å²) in [4.78, 5) is 0. The molecule has 2 unspecified atom stereocenters. The van der Waals surface area contributed by atoms with E-state index in [1.807, 2.05) is 26.0 Å². The van der Waals surface area contributed by atoms with Crippen molar-refractivity contribution >= 4 is 9.84 Å². The first-order valence-corrected chi connectivity index (χ1v) is 8.27. The monoisotopic (exact) mass is 271 g/mol. The maximum atomic E-state index is 12.2. The molecular weight excluding hydrogens is 250 g/mol. The molecule has 1 fully saturated rings. The van der Waals surface area contributed by atoms with Gasteiger partial charge in [-0.1, -0.05) is 13.3 Å². The van der Waals surface area contributed by atoms with Crippen molar-refractivity contribution in [3.05, 3.63) is 23.7 Å². The van der Waals surface area contributed by atoms with E-state index in [9.17, 15) is 8.42 Å². The predicted octanol–water partition coefficient (Wildman–Crippen LogP) is 2.21. The van der Waals surface area contributed by atoms with Crippen molar-refractivity contribution in [1.82, 2.24) is 5.32 Å². The highest BCUT2D eigenvalue weighted by Crippen LogP contribution is 2.31. The van der Waals surface area contributed by atoms with Crippen molar-refractivity contribution in [3.63, 3.8) is 0 Å². The van der Waals surface area contributed by atoms with Gasteiger partial charge >= 0.3 is 0 Å². The Bertz CT molecular complexity index is 492. The lowest BCUT2D eigenvalue weighted by molar-refractivity contribution is 0.373. The smallest absolute Gasteiger partial charge is 0.155 e. The van der Waals surface area contributed by atoms with Crippen LogP contribution in [0.15, 0.2) is 16.5 Å². The molecule has 1 N–H and O–H groups in total. The van der Waals surface area contributed by atoms with Gasteiger partial charge in [-0.2, -0.15) is 0 Å². The number of hydrogen-bond acceptors (Lipinski definition) is 4. The van der Waals surface area contributed by atoms with Gasteiger partial charge in [0, 0.05) is 0 Å². The summed E-state index contributed by atoms with van der Waals surface area (Å²) in [7, 11) is -3.01. The average molecular weight is 271 g/mol. The highest BCUT2D eigenvalue weighted by atomic mass is 32.2. The zero-order chi connectivity index (χ0) is 13.2. The Morgan fingerprint density at radius 2 is 2.22 bits per heavy atom. The van der Waals surface area contributed by atoms with Crippen LogP contribution >= 0.6 is 0 Å². The van der Waals surface area contributed by atoms with Crippen LogP contribution in [0.3, 0.4) is 0 Å². The fourth-order valence-electron chi connectivity index (χ4n) is 2.61. The minimum Gasteiger partial charge on any atom is -0.465 e. The molecule has 0 aromatic carbocycles. The number of furan rings is 1. The molecule has 1 aliphatic rings. The molecule has 102 valence electrons. The van der Waals surface area contributed by atoms with E-state index in [-0.39, 0.29) is 11.3 Å². The van der Waals surface area contributed by atoms with Crippen LogP contribution < -0.4 is 5.32 Å². The van der Waals surface area contributed by atoms with Gasteiger partial charge in [0.15, 0.2) is 9.84 Å². The fraction of sp³-hybridized carbons (Fsp3) is 0.692. The van der Waals surface area contributed by atoms with E-state index in [0.717, 1.165) is 37.3 Å². The van der Waals surface area contributed by atoms with Crippen LogP contribution in [-0.4, -0.2) is 26.0 Å². The van der Waals surface area contributed by atoms with Crippen LogP contribution in [0.5, 0.6) is 0 Å². The minimum atomic E-state index is -3.01. The van der Waals surface area contributed by atoms with Crippen LogP contribution in [0.1, 0.15) is 43.7 Å². The van der Waals surface area contributed by atoms with E-state index >= 15 is 0 Å². The number of sulfone groups is 1. The van der Waals surface area contributed by atoms with E-state index in [0.29, 0.717) is 5.75 Å². The van der Waals surface area contributed by atoms with Crippen molar-refractivity contribution in [1.29, 1.82) is 0 Å². The average Bonchev–Trinajstić information content (AvgIpc) is 2.73. The first kappa shape index (κ1) is 13.6. The Kier molecular flexibility index (Phi) is 4.12. The van der Waals surface area contributed by atoms with Crippen molar-refractivity contribution in [3.8, 4) is 0 Å². The quantitative estimate of drug-likeness (QED) is 0.912. The molecule has 2 rings (SSSR count). The lowest BCUT2D eigenvalue weighted by Gasteiger charge is -2.29. The topological polar surface area (TPSA) is 59.3 Å². The Labute approximate surface area is 109 Å². The summed E-state index contributed by atoms with van der Waals surface area (Å²) in [6.07, 6.45) is 2.49. The van der Waals surface area contributed by atoms with E-state index in [1.165, 1.54) is 0 Å². The summed E-state index contributed by atoms with van der Waals surface area (Å²) in [5.41, 5.74) is 0. The van der Waals surface area contributed by atoms with Gasteiger partial charge in [0.05, 0.1) is 17.0 Å². The standard InChI is InChI=1S/C13H21NO3S/c1-3-14-13(11-8-7-10(2)17-11)12-6-4-5-9-18(12,15)16/h7-8,12-14H,3-6,9H2,1-2H3. The predicted molar refractivity (Wildman–Crippen MR) is 71.3 cm³/mol. The molecule has 1 aromatic rings. The molecule has 2 atom stereocenters. The lowest BCUT2D eigenvalue weighted by atomic mass is 10.0. The van der Waals surface area contributed by atoms with Crippen molar-refractivity contribution < 1.29 is 12.8 Å². The van der Waals surface area contributed by atoms with Gasteiger partial charge in [-0.3, -0.25) is 0 Å². The Balaban J connectivity index is 2.29. The van der Waals surface area contributed by atoms with Crippen molar-refractivity contribution in [2.24, 2.45) is 0 Å². The second-order valence-electron chi connectivity index (χ2n) is 4.88. The molecule has 1 saturated heterocycles. The first-order chi connectivity index (χ1) is 8.54. The maximum Gasteiger partial charge on any atom is 0.155 e. The van der Waals surface area contributed by atoms with Gasteiger partial charge in [0.2, 0.25) is 0 Å². The third-order valence-corrected chi connectivity index (χ3v) is 5.78. The molecular formula is C13H21NO3S. The maximum absolute atomic E-state index is 12.2. The SMILES string of the molecule is CCNC(c1ccc(C)o1)C1CCCCS1(=O)=O. The van der Waals surface area contributed by atoms with Gasteiger partial charge < -0.3 is 9.73 Å². The molecule has 1 aliphatic heterocycles. The van der Waals surface area contributed by atoms with E-state index in [4.69, 9.17) is 4.42 Å². The van der Waals surface area contributed by atoms with Gasteiger partial charge in [0.25, 0.3) is 0 Å². The van der Waals surface area contributed by atoms with Crippen LogP contribution in [0.2, 0.25) is 0 Å². The molecule has 4 nitrogen and oxygen atoms in total. The fourth-order valence-corrected chi connectivity index (χ4v) is 4.69.